The number of nitrogens with zero attached hydrogens (tertiary/aromatic N) is 1. The quantitative estimate of drug-likeness (QED) is 0.854. The Kier molecular flexibility index (Phi) is 3.78. The van der Waals surface area contributed by atoms with Crippen LogP contribution in [0.25, 0.3) is 0 Å². The molecule has 98 valence electrons. The third-order valence-electron chi connectivity index (χ3n) is 3.35. The van der Waals surface area contributed by atoms with E-state index in [1.165, 1.54) is 0 Å². The molecule has 0 bridgehead atoms. The first-order chi connectivity index (χ1) is 8.39. The van der Waals surface area contributed by atoms with Crippen molar-refractivity contribution < 1.29 is 9.90 Å². The normalized spacial score (nSPS) is 24.1. The van der Waals surface area contributed by atoms with Gasteiger partial charge in [0.25, 0.3) is 0 Å². The minimum atomic E-state index is -0.667. The fraction of sp³-hybridized carbons (Fsp3) is 0.500. The number of aliphatic hydroxyl groups is 1. The SMILES string of the molecule is CC(=O)c1cc(Br)ccc1N1CCCC(C)(O)C1. The molecule has 4 heteroatoms. The topological polar surface area (TPSA) is 40.5 Å². The van der Waals surface area contributed by atoms with Crippen LogP contribution in [-0.2, 0) is 0 Å². The second kappa shape index (κ2) is 5.02. The van der Waals surface area contributed by atoms with E-state index in [4.69, 9.17) is 0 Å². The lowest BCUT2D eigenvalue weighted by molar-refractivity contribution is 0.0448. The third kappa shape index (κ3) is 2.93. The summed E-state index contributed by atoms with van der Waals surface area (Å²) in [4.78, 5) is 13.8. The van der Waals surface area contributed by atoms with Crippen molar-refractivity contribution in [1.29, 1.82) is 0 Å². The van der Waals surface area contributed by atoms with Crippen LogP contribution in [0, 0.1) is 0 Å². The number of benzene rings is 1. The molecule has 1 fully saturated rings. The average molecular weight is 312 g/mol. The minimum absolute atomic E-state index is 0.0523. The summed E-state index contributed by atoms with van der Waals surface area (Å²) in [6.45, 7) is 4.89. The van der Waals surface area contributed by atoms with Crippen LogP contribution in [0.3, 0.4) is 0 Å². The zero-order valence-electron chi connectivity index (χ0n) is 10.7. The third-order valence-corrected chi connectivity index (χ3v) is 3.85. The molecule has 1 aliphatic rings. The Labute approximate surface area is 116 Å². The molecule has 1 N–H and O–H groups in total. The molecule has 1 heterocycles. The number of rotatable bonds is 2. The molecule has 0 saturated carbocycles. The molecule has 1 aromatic carbocycles. The van der Waals surface area contributed by atoms with E-state index in [0.717, 1.165) is 29.5 Å². The van der Waals surface area contributed by atoms with Gasteiger partial charge in [-0.25, -0.2) is 0 Å². The van der Waals surface area contributed by atoms with Crippen LogP contribution in [0.15, 0.2) is 22.7 Å². The molecule has 0 aromatic heterocycles. The molecule has 1 saturated heterocycles. The van der Waals surface area contributed by atoms with Gasteiger partial charge in [-0.15, -0.1) is 0 Å². The lowest BCUT2D eigenvalue weighted by Gasteiger charge is -2.39. The Bertz CT molecular complexity index is 471. The van der Waals surface area contributed by atoms with E-state index in [1.54, 1.807) is 6.92 Å². The highest BCUT2D eigenvalue weighted by molar-refractivity contribution is 9.10. The number of ketones is 1. The van der Waals surface area contributed by atoms with Crippen molar-refractivity contribution in [1.82, 2.24) is 0 Å². The number of carbonyl (C=O) groups is 1. The van der Waals surface area contributed by atoms with Gasteiger partial charge in [-0.3, -0.25) is 4.79 Å². The molecule has 1 aliphatic heterocycles. The van der Waals surface area contributed by atoms with Crippen molar-refractivity contribution in [3.05, 3.63) is 28.2 Å². The summed E-state index contributed by atoms with van der Waals surface area (Å²) in [5, 5.41) is 10.2. The summed E-state index contributed by atoms with van der Waals surface area (Å²) in [6, 6.07) is 5.73. The van der Waals surface area contributed by atoms with Crippen LogP contribution < -0.4 is 4.90 Å². The van der Waals surface area contributed by atoms with Gasteiger partial charge >= 0.3 is 0 Å². The maximum absolute atomic E-state index is 11.7. The second-order valence-corrected chi connectivity index (χ2v) is 6.16. The lowest BCUT2D eigenvalue weighted by atomic mass is 9.94. The van der Waals surface area contributed by atoms with E-state index in [2.05, 4.69) is 20.8 Å². The Morgan fingerprint density at radius 1 is 1.50 bits per heavy atom. The van der Waals surface area contributed by atoms with Crippen molar-refractivity contribution >= 4 is 27.4 Å². The summed E-state index contributed by atoms with van der Waals surface area (Å²) in [7, 11) is 0. The predicted octanol–water partition coefficient (Wildman–Crippen LogP) is 3.00. The van der Waals surface area contributed by atoms with Crippen LogP contribution in [-0.4, -0.2) is 29.6 Å². The summed E-state index contributed by atoms with van der Waals surface area (Å²) in [6.07, 6.45) is 1.76. The zero-order valence-corrected chi connectivity index (χ0v) is 12.3. The van der Waals surface area contributed by atoms with E-state index in [-0.39, 0.29) is 5.78 Å². The highest BCUT2D eigenvalue weighted by atomic mass is 79.9. The lowest BCUT2D eigenvalue weighted by Crippen LogP contribution is -2.46. The number of β-amino-alcohol motifs (C(OH)–C–C–N with tert-alkyl or cyclic N) is 1. The van der Waals surface area contributed by atoms with Gasteiger partial charge in [0.1, 0.15) is 0 Å². The predicted molar refractivity (Wildman–Crippen MR) is 76.2 cm³/mol. The molecule has 1 aromatic rings. The number of hydrogen-bond donors (Lipinski definition) is 1. The molecule has 2 rings (SSSR count). The van der Waals surface area contributed by atoms with E-state index < -0.39 is 5.60 Å². The van der Waals surface area contributed by atoms with Crippen LogP contribution >= 0.6 is 15.9 Å². The highest BCUT2D eigenvalue weighted by Crippen LogP contribution is 2.30. The van der Waals surface area contributed by atoms with E-state index in [0.29, 0.717) is 12.1 Å². The highest BCUT2D eigenvalue weighted by Gasteiger charge is 2.29. The molecular weight excluding hydrogens is 294 g/mol. The summed E-state index contributed by atoms with van der Waals surface area (Å²) < 4.78 is 0.903. The molecule has 0 radical (unpaired) electrons. The van der Waals surface area contributed by atoms with Crippen LogP contribution in [0.4, 0.5) is 5.69 Å². The molecule has 18 heavy (non-hydrogen) atoms. The maximum Gasteiger partial charge on any atom is 0.161 e. The maximum atomic E-state index is 11.7. The molecule has 0 spiro atoms. The Balaban J connectivity index is 2.35. The largest absolute Gasteiger partial charge is 0.388 e. The van der Waals surface area contributed by atoms with Crippen molar-refractivity contribution in [2.75, 3.05) is 18.0 Å². The molecule has 3 nitrogen and oxygen atoms in total. The van der Waals surface area contributed by atoms with E-state index in [9.17, 15) is 9.90 Å². The molecule has 0 aliphatic carbocycles. The van der Waals surface area contributed by atoms with Gasteiger partial charge < -0.3 is 10.0 Å². The number of anilines is 1. The number of hydrogen-bond acceptors (Lipinski definition) is 3. The van der Waals surface area contributed by atoms with Crippen molar-refractivity contribution in [3.63, 3.8) is 0 Å². The van der Waals surface area contributed by atoms with Gasteiger partial charge in [0, 0.05) is 28.8 Å². The van der Waals surface area contributed by atoms with Gasteiger partial charge in [-0.1, -0.05) is 15.9 Å². The number of halogens is 1. The fourth-order valence-electron chi connectivity index (χ4n) is 2.49. The van der Waals surface area contributed by atoms with E-state index >= 15 is 0 Å². The van der Waals surface area contributed by atoms with Gasteiger partial charge in [-0.05, 0) is 44.9 Å². The Morgan fingerprint density at radius 2 is 2.22 bits per heavy atom. The fourth-order valence-corrected chi connectivity index (χ4v) is 2.85. The average Bonchev–Trinajstić information content (AvgIpc) is 2.27. The summed E-state index contributed by atoms with van der Waals surface area (Å²) in [5.41, 5.74) is 0.965. The number of Topliss-reactive ketones (excluding diaryl/α,β-unsaturated/α-hetero) is 1. The van der Waals surface area contributed by atoms with E-state index in [1.807, 2.05) is 25.1 Å². The molecule has 1 atom stereocenters. The van der Waals surface area contributed by atoms with Gasteiger partial charge in [-0.2, -0.15) is 0 Å². The summed E-state index contributed by atoms with van der Waals surface area (Å²) in [5.74, 6) is 0.0523. The van der Waals surface area contributed by atoms with Crippen molar-refractivity contribution in [2.24, 2.45) is 0 Å². The first kappa shape index (κ1) is 13.6. The van der Waals surface area contributed by atoms with Crippen molar-refractivity contribution in [2.45, 2.75) is 32.3 Å². The van der Waals surface area contributed by atoms with Crippen LogP contribution in [0.5, 0.6) is 0 Å². The summed E-state index contributed by atoms with van der Waals surface area (Å²) >= 11 is 3.39. The minimum Gasteiger partial charge on any atom is -0.388 e. The zero-order chi connectivity index (χ0) is 13.3. The molecule has 0 amide bonds. The van der Waals surface area contributed by atoms with Crippen molar-refractivity contribution in [3.8, 4) is 0 Å². The second-order valence-electron chi connectivity index (χ2n) is 5.24. The molecule has 1 unspecified atom stereocenters. The number of piperidine rings is 1. The Morgan fingerprint density at radius 3 is 2.83 bits per heavy atom. The van der Waals surface area contributed by atoms with Gasteiger partial charge in [0.05, 0.1) is 5.60 Å². The monoisotopic (exact) mass is 311 g/mol. The Hall–Kier alpha value is -0.870. The first-order valence-corrected chi connectivity index (χ1v) is 6.96. The molecular formula is C14H18BrNO2. The smallest absolute Gasteiger partial charge is 0.161 e. The standard InChI is InChI=1S/C14H18BrNO2/c1-10(17)12-8-11(15)4-5-13(12)16-7-3-6-14(2,18)9-16/h4-5,8,18H,3,6-7,9H2,1-2H3. The first-order valence-electron chi connectivity index (χ1n) is 6.17. The van der Waals surface area contributed by atoms with Gasteiger partial charge in [0.15, 0.2) is 5.78 Å². The van der Waals surface area contributed by atoms with Gasteiger partial charge in [0.2, 0.25) is 0 Å². The number of carbonyl (C=O) groups excluding carboxylic acids is 1. The van der Waals surface area contributed by atoms with Crippen LogP contribution in [0.1, 0.15) is 37.0 Å². The van der Waals surface area contributed by atoms with Crippen LogP contribution in [0.2, 0.25) is 0 Å².